The van der Waals surface area contributed by atoms with Gasteiger partial charge in [0.25, 0.3) is 5.91 Å². The Morgan fingerprint density at radius 2 is 1.79 bits per heavy atom. The number of rotatable bonds is 4. The number of carbonyl (C=O) groups excluding carboxylic acids is 1. The van der Waals surface area contributed by atoms with Crippen LogP contribution in [-0.2, 0) is 4.74 Å². The Kier molecular flexibility index (Phi) is 6.01. The fourth-order valence-electron chi connectivity index (χ4n) is 3.61. The number of hydrogen-bond donors (Lipinski definition) is 0. The van der Waals surface area contributed by atoms with Gasteiger partial charge in [-0.2, -0.15) is 0 Å². The Labute approximate surface area is 175 Å². The molecule has 0 unspecified atom stereocenters. The van der Waals surface area contributed by atoms with Crippen LogP contribution in [0.5, 0.6) is 5.75 Å². The fourth-order valence-corrected chi connectivity index (χ4v) is 3.79. The predicted octanol–water partition coefficient (Wildman–Crippen LogP) is 1.94. The number of amides is 1. The standard InChI is InChI=1S/C20H24ClN5O3/c1-28-17-5-3-2-4-16(17)24-6-8-25(9-7-24)19(27)18-15(21)14-22-20(23-18)26-10-12-29-13-11-26/h2-5,14H,6-13H2,1H3. The van der Waals surface area contributed by atoms with Crippen LogP contribution in [0.25, 0.3) is 0 Å². The molecule has 29 heavy (non-hydrogen) atoms. The zero-order valence-corrected chi connectivity index (χ0v) is 17.1. The van der Waals surface area contributed by atoms with Crippen LogP contribution in [0.1, 0.15) is 10.5 Å². The number of halogens is 1. The fraction of sp³-hybridized carbons (Fsp3) is 0.450. The number of anilines is 2. The number of aromatic nitrogens is 2. The van der Waals surface area contributed by atoms with Crippen LogP contribution in [0.3, 0.4) is 0 Å². The van der Waals surface area contributed by atoms with E-state index in [0.717, 1.165) is 11.4 Å². The van der Waals surface area contributed by atoms with Crippen LogP contribution >= 0.6 is 11.6 Å². The Balaban J connectivity index is 1.45. The number of morpholine rings is 1. The molecule has 9 heteroatoms. The maximum absolute atomic E-state index is 13.1. The van der Waals surface area contributed by atoms with Gasteiger partial charge < -0.3 is 24.2 Å². The first-order chi connectivity index (χ1) is 14.2. The average Bonchev–Trinajstić information content (AvgIpc) is 2.79. The number of piperazine rings is 1. The molecule has 1 amide bonds. The van der Waals surface area contributed by atoms with Gasteiger partial charge in [-0.15, -0.1) is 0 Å². The normalized spacial score (nSPS) is 17.4. The van der Waals surface area contributed by atoms with E-state index in [4.69, 9.17) is 21.1 Å². The topological polar surface area (TPSA) is 71.0 Å². The lowest BCUT2D eigenvalue weighted by atomic mass is 10.2. The third kappa shape index (κ3) is 4.23. The van der Waals surface area contributed by atoms with Crippen molar-refractivity contribution in [2.24, 2.45) is 0 Å². The van der Waals surface area contributed by atoms with Gasteiger partial charge in [-0.3, -0.25) is 4.79 Å². The van der Waals surface area contributed by atoms with Crippen LogP contribution in [0.2, 0.25) is 5.02 Å². The minimum atomic E-state index is -0.161. The van der Waals surface area contributed by atoms with Crippen LogP contribution in [0.4, 0.5) is 11.6 Å². The smallest absolute Gasteiger partial charge is 0.274 e. The second kappa shape index (κ2) is 8.84. The first-order valence-electron chi connectivity index (χ1n) is 9.70. The van der Waals surface area contributed by atoms with Crippen molar-refractivity contribution in [2.75, 3.05) is 69.4 Å². The third-order valence-electron chi connectivity index (χ3n) is 5.22. The van der Waals surface area contributed by atoms with E-state index >= 15 is 0 Å². The quantitative estimate of drug-likeness (QED) is 0.752. The molecule has 154 valence electrons. The second-order valence-electron chi connectivity index (χ2n) is 6.92. The number of para-hydroxylation sites is 2. The average molecular weight is 418 g/mol. The van der Waals surface area contributed by atoms with Crippen molar-refractivity contribution in [3.63, 3.8) is 0 Å². The molecule has 0 saturated carbocycles. The minimum Gasteiger partial charge on any atom is -0.495 e. The largest absolute Gasteiger partial charge is 0.495 e. The van der Waals surface area contributed by atoms with Crippen LogP contribution < -0.4 is 14.5 Å². The summed E-state index contributed by atoms with van der Waals surface area (Å²) in [5.41, 5.74) is 1.30. The molecule has 0 radical (unpaired) electrons. The number of nitrogens with zero attached hydrogens (tertiary/aromatic N) is 5. The van der Waals surface area contributed by atoms with E-state index in [0.29, 0.717) is 58.4 Å². The van der Waals surface area contributed by atoms with Gasteiger partial charge in [0.05, 0.1) is 37.2 Å². The van der Waals surface area contributed by atoms with E-state index in [1.54, 1.807) is 12.0 Å². The Bertz CT molecular complexity index is 867. The maximum atomic E-state index is 13.1. The molecule has 0 N–H and O–H groups in total. The van der Waals surface area contributed by atoms with E-state index in [2.05, 4.69) is 14.9 Å². The second-order valence-corrected chi connectivity index (χ2v) is 7.32. The van der Waals surface area contributed by atoms with Crippen molar-refractivity contribution in [3.05, 3.63) is 41.2 Å². The SMILES string of the molecule is COc1ccccc1N1CCN(C(=O)c2nc(N3CCOCC3)ncc2Cl)CC1. The summed E-state index contributed by atoms with van der Waals surface area (Å²) in [6.45, 7) is 5.25. The number of ether oxygens (including phenoxy) is 2. The van der Waals surface area contributed by atoms with Gasteiger partial charge in [-0.05, 0) is 12.1 Å². The van der Waals surface area contributed by atoms with E-state index in [1.807, 2.05) is 29.2 Å². The summed E-state index contributed by atoms with van der Waals surface area (Å²) in [5.74, 6) is 1.20. The lowest BCUT2D eigenvalue weighted by Crippen LogP contribution is -2.49. The lowest BCUT2D eigenvalue weighted by Gasteiger charge is -2.36. The van der Waals surface area contributed by atoms with Gasteiger partial charge in [-0.25, -0.2) is 9.97 Å². The molecular formula is C20H24ClN5O3. The van der Waals surface area contributed by atoms with E-state index in [1.165, 1.54) is 6.20 Å². The van der Waals surface area contributed by atoms with E-state index < -0.39 is 0 Å². The van der Waals surface area contributed by atoms with Gasteiger partial charge in [0.15, 0.2) is 5.69 Å². The van der Waals surface area contributed by atoms with Crippen molar-refractivity contribution in [1.29, 1.82) is 0 Å². The molecule has 8 nitrogen and oxygen atoms in total. The first kappa shape index (κ1) is 19.7. The van der Waals surface area contributed by atoms with Crippen molar-refractivity contribution >= 4 is 29.1 Å². The van der Waals surface area contributed by atoms with Crippen molar-refractivity contribution in [2.45, 2.75) is 0 Å². The lowest BCUT2D eigenvalue weighted by molar-refractivity contribution is 0.0740. The molecule has 0 spiro atoms. The molecular weight excluding hydrogens is 394 g/mol. The Morgan fingerprint density at radius 1 is 1.07 bits per heavy atom. The summed E-state index contributed by atoms with van der Waals surface area (Å²) in [7, 11) is 1.67. The van der Waals surface area contributed by atoms with E-state index in [-0.39, 0.29) is 16.6 Å². The predicted molar refractivity (Wildman–Crippen MR) is 111 cm³/mol. The van der Waals surface area contributed by atoms with Crippen molar-refractivity contribution in [3.8, 4) is 5.75 Å². The van der Waals surface area contributed by atoms with Crippen molar-refractivity contribution in [1.82, 2.24) is 14.9 Å². The number of hydrogen-bond acceptors (Lipinski definition) is 7. The zero-order chi connectivity index (χ0) is 20.2. The molecule has 2 aliphatic rings. The highest BCUT2D eigenvalue weighted by molar-refractivity contribution is 6.33. The van der Waals surface area contributed by atoms with Crippen LogP contribution in [0.15, 0.2) is 30.5 Å². The van der Waals surface area contributed by atoms with Crippen LogP contribution in [-0.4, -0.2) is 80.4 Å². The zero-order valence-electron chi connectivity index (χ0n) is 16.4. The highest BCUT2D eigenvalue weighted by atomic mass is 35.5. The summed E-state index contributed by atoms with van der Waals surface area (Å²) in [5, 5.41) is 0.277. The number of benzene rings is 1. The summed E-state index contributed by atoms with van der Waals surface area (Å²) in [6, 6.07) is 7.92. The van der Waals surface area contributed by atoms with E-state index in [9.17, 15) is 4.79 Å². The molecule has 0 bridgehead atoms. The minimum absolute atomic E-state index is 0.161. The van der Waals surface area contributed by atoms with Gasteiger partial charge in [0.1, 0.15) is 5.75 Å². The van der Waals surface area contributed by atoms with Crippen molar-refractivity contribution < 1.29 is 14.3 Å². The molecule has 3 heterocycles. The van der Waals surface area contributed by atoms with Gasteiger partial charge in [0, 0.05) is 39.3 Å². The molecule has 1 aromatic carbocycles. The first-order valence-corrected chi connectivity index (χ1v) is 10.1. The highest BCUT2D eigenvalue weighted by Gasteiger charge is 2.27. The summed E-state index contributed by atoms with van der Waals surface area (Å²) in [4.78, 5) is 27.9. The maximum Gasteiger partial charge on any atom is 0.274 e. The van der Waals surface area contributed by atoms with Gasteiger partial charge >= 0.3 is 0 Å². The summed E-state index contributed by atoms with van der Waals surface area (Å²) < 4.78 is 10.8. The Morgan fingerprint density at radius 3 is 2.52 bits per heavy atom. The van der Waals surface area contributed by atoms with Gasteiger partial charge in [-0.1, -0.05) is 23.7 Å². The highest BCUT2D eigenvalue weighted by Crippen LogP contribution is 2.29. The molecule has 0 atom stereocenters. The molecule has 0 aliphatic carbocycles. The Hall–Kier alpha value is -2.58. The molecule has 4 rings (SSSR count). The molecule has 1 aromatic heterocycles. The van der Waals surface area contributed by atoms with Gasteiger partial charge in [0.2, 0.25) is 5.95 Å². The monoisotopic (exact) mass is 417 g/mol. The molecule has 2 saturated heterocycles. The molecule has 2 aromatic rings. The molecule has 2 aliphatic heterocycles. The summed E-state index contributed by atoms with van der Waals surface area (Å²) >= 11 is 6.27. The summed E-state index contributed by atoms with van der Waals surface area (Å²) in [6.07, 6.45) is 1.51. The third-order valence-corrected chi connectivity index (χ3v) is 5.50. The molecule has 2 fully saturated rings. The number of methoxy groups -OCH3 is 1. The van der Waals surface area contributed by atoms with Crippen LogP contribution in [0, 0.1) is 0 Å². The number of carbonyl (C=O) groups is 1.